The van der Waals surface area contributed by atoms with Crippen molar-refractivity contribution < 1.29 is 28.7 Å². The van der Waals surface area contributed by atoms with Crippen LogP contribution in [0.3, 0.4) is 0 Å². The number of carbonyl (C=O) groups excluding carboxylic acids is 4. The quantitative estimate of drug-likeness (QED) is 0.310. The van der Waals surface area contributed by atoms with Crippen molar-refractivity contribution in [2.24, 2.45) is 0 Å². The summed E-state index contributed by atoms with van der Waals surface area (Å²) in [6.45, 7) is 16.2. The lowest BCUT2D eigenvalue weighted by Gasteiger charge is -2.36. The average Bonchev–Trinajstić information content (AvgIpc) is 3.07. The fourth-order valence-corrected chi connectivity index (χ4v) is 5.64. The second-order valence-corrected chi connectivity index (χ2v) is 14.5. The summed E-state index contributed by atoms with van der Waals surface area (Å²) in [7, 11) is 0. The Hall–Kier alpha value is -5.26. The van der Waals surface area contributed by atoms with Gasteiger partial charge in [-0.3, -0.25) is 9.59 Å². The molecule has 2 saturated heterocycles. The molecule has 2 fully saturated rings. The van der Waals surface area contributed by atoms with Crippen molar-refractivity contribution in [3.05, 3.63) is 83.9 Å². The Morgan fingerprint density at radius 2 is 0.780 bits per heavy atom. The Balaban J connectivity index is 1.07. The number of hydrogen-bond donors (Lipinski definition) is 2. The van der Waals surface area contributed by atoms with Crippen molar-refractivity contribution >= 4 is 46.8 Å². The van der Waals surface area contributed by atoms with Gasteiger partial charge in [0.25, 0.3) is 11.8 Å². The minimum atomic E-state index is -0.522. The molecule has 2 aliphatic heterocycles. The number of anilines is 4. The van der Waals surface area contributed by atoms with Crippen LogP contribution in [0.25, 0.3) is 0 Å². The average molecular weight is 685 g/mol. The summed E-state index contributed by atoms with van der Waals surface area (Å²) >= 11 is 0. The SMILES string of the molecule is CC(C)(C)OC(=O)N1CCN(c2ccc(NC(=O)c3ccc(C(=O)Nc4ccc(N5CCN(C(=O)OC(C)(C)C)CC5)cc4)cc3)cc2)CC1. The molecular weight excluding hydrogens is 636 g/mol. The molecule has 0 saturated carbocycles. The van der Waals surface area contributed by atoms with Crippen LogP contribution < -0.4 is 20.4 Å². The van der Waals surface area contributed by atoms with Gasteiger partial charge in [-0.1, -0.05) is 0 Å². The summed E-state index contributed by atoms with van der Waals surface area (Å²) in [5.74, 6) is -0.559. The maximum absolute atomic E-state index is 12.9. The Morgan fingerprint density at radius 3 is 1.06 bits per heavy atom. The maximum atomic E-state index is 12.9. The van der Waals surface area contributed by atoms with Crippen molar-refractivity contribution in [3.63, 3.8) is 0 Å². The van der Waals surface area contributed by atoms with E-state index in [9.17, 15) is 19.2 Å². The van der Waals surface area contributed by atoms with Crippen LogP contribution in [0.2, 0.25) is 0 Å². The molecule has 50 heavy (non-hydrogen) atoms. The lowest BCUT2D eigenvalue weighted by molar-refractivity contribution is 0.0230. The monoisotopic (exact) mass is 684 g/mol. The van der Waals surface area contributed by atoms with E-state index in [4.69, 9.17) is 9.47 Å². The molecule has 0 bridgehead atoms. The first kappa shape index (κ1) is 36.0. The Labute approximate surface area is 294 Å². The van der Waals surface area contributed by atoms with E-state index in [0.717, 1.165) is 11.4 Å². The number of nitrogens with zero attached hydrogens (tertiary/aromatic N) is 4. The van der Waals surface area contributed by atoms with E-state index in [1.165, 1.54) is 0 Å². The molecule has 0 spiro atoms. The number of benzene rings is 3. The Kier molecular flexibility index (Phi) is 10.9. The molecule has 0 radical (unpaired) electrons. The minimum Gasteiger partial charge on any atom is -0.444 e. The van der Waals surface area contributed by atoms with Crippen LogP contribution in [0.5, 0.6) is 0 Å². The van der Waals surface area contributed by atoms with Gasteiger partial charge in [-0.05, 0) is 114 Å². The van der Waals surface area contributed by atoms with Crippen LogP contribution >= 0.6 is 0 Å². The van der Waals surface area contributed by atoms with Crippen LogP contribution in [0.15, 0.2) is 72.8 Å². The van der Waals surface area contributed by atoms with Crippen molar-refractivity contribution in [2.45, 2.75) is 52.7 Å². The lowest BCUT2D eigenvalue weighted by atomic mass is 10.1. The number of hydrogen-bond acceptors (Lipinski definition) is 8. The van der Waals surface area contributed by atoms with Gasteiger partial charge in [-0.25, -0.2) is 9.59 Å². The third kappa shape index (κ3) is 9.90. The number of amides is 4. The number of ether oxygens (including phenoxy) is 2. The number of carbonyl (C=O) groups is 4. The predicted octanol–water partition coefficient (Wildman–Crippen LogP) is 6.31. The van der Waals surface area contributed by atoms with Crippen molar-refractivity contribution in [1.82, 2.24) is 9.80 Å². The van der Waals surface area contributed by atoms with Gasteiger partial charge in [0.1, 0.15) is 11.2 Å². The third-order valence-electron chi connectivity index (χ3n) is 8.25. The van der Waals surface area contributed by atoms with E-state index in [2.05, 4.69) is 20.4 Å². The molecule has 266 valence electrons. The molecular formula is C38H48N6O6. The highest BCUT2D eigenvalue weighted by Crippen LogP contribution is 2.23. The summed E-state index contributed by atoms with van der Waals surface area (Å²) in [5, 5.41) is 5.83. The molecule has 12 nitrogen and oxygen atoms in total. The summed E-state index contributed by atoms with van der Waals surface area (Å²) in [5.41, 5.74) is 3.14. The fraction of sp³-hybridized carbons (Fsp3) is 0.421. The van der Waals surface area contributed by atoms with Crippen LogP contribution in [-0.2, 0) is 9.47 Å². The van der Waals surface area contributed by atoms with Crippen LogP contribution in [0, 0.1) is 0 Å². The topological polar surface area (TPSA) is 124 Å². The van der Waals surface area contributed by atoms with Crippen LogP contribution in [-0.4, -0.2) is 97.4 Å². The van der Waals surface area contributed by atoms with E-state index in [0.29, 0.717) is 74.9 Å². The summed E-state index contributed by atoms with van der Waals surface area (Å²) in [4.78, 5) is 58.4. The first-order valence-corrected chi connectivity index (χ1v) is 17.0. The second kappa shape index (κ2) is 15.1. The van der Waals surface area contributed by atoms with E-state index < -0.39 is 11.2 Å². The first-order valence-electron chi connectivity index (χ1n) is 17.0. The highest BCUT2D eigenvalue weighted by Gasteiger charge is 2.27. The fourth-order valence-electron chi connectivity index (χ4n) is 5.64. The predicted molar refractivity (Wildman–Crippen MR) is 195 cm³/mol. The molecule has 0 unspecified atom stereocenters. The Bertz CT molecular complexity index is 1520. The van der Waals surface area contributed by atoms with Crippen LogP contribution in [0.1, 0.15) is 62.3 Å². The van der Waals surface area contributed by atoms with E-state index in [-0.39, 0.29) is 24.0 Å². The molecule has 3 aromatic carbocycles. The molecule has 0 atom stereocenters. The zero-order chi connectivity index (χ0) is 36.1. The van der Waals surface area contributed by atoms with Gasteiger partial charge in [0.15, 0.2) is 0 Å². The summed E-state index contributed by atoms with van der Waals surface area (Å²) < 4.78 is 11.0. The zero-order valence-electron chi connectivity index (χ0n) is 29.8. The zero-order valence-corrected chi connectivity index (χ0v) is 29.8. The maximum Gasteiger partial charge on any atom is 0.410 e. The highest BCUT2D eigenvalue weighted by atomic mass is 16.6. The van der Waals surface area contributed by atoms with Gasteiger partial charge in [-0.15, -0.1) is 0 Å². The van der Waals surface area contributed by atoms with Gasteiger partial charge in [0, 0.05) is 86.2 Å². The van der Waals surface area contributed by atoms with Gasteiger partial charge in [-0.2, -0.15) is 0 Å². The van der Waals surface area contributed by atoms with E-state index in [1.54, 1.807) is 34.1 Å². The molecule has 0 aliphatic carbocycles. The molecule has 12 heteroatoms. The summed E-state index contributed by atoms with van der Waals surface area (Å²) in [6.07, 6.45) is -0.584. The molecule has 2 N–H and O–H groups in total. The van der Waals surface area contributed by atoms with Crippen molar-refractivity contribution in [1.29, 1.82) is 0 Å². The van der Waals surface area contributed by atoms with E-state index in [1.807, 2.05) is 90.1 Å². The van der Waals surface area contributed by atoms with Crippen molar-refractivity contribution in [3.8, 4) is 0 Å². The lowest BCUT2D eigenvalue weighted by Crippen LogP contribution is -2.50. The number of nitrogens with one attached hydrogen (secondary N) is 2. The first-order chi connectivity index (χ1) is 23.6. The standard InChI is InChI=1S/C38H48N6O6/c1-37(2,3)49-35(47)43-23-19-41(20-24-43)31-15-11-29(12-16-31)39-33(45)27-7-9-28(10-8-27)34(46)40-30-13-17-32(18-14-30)42-21-25-44(26-22-42)36(48)50-38(4,5)6/h7-18H,19-26H2,1-6H3,(H,39,45)(H,40,46). The van der Waals surface area contributed by atoms with Gasteiger partial charge < -0.3 is 39.7 Å². The third-order valence-corrected chi connectivity index (χ3v) is 8.25. The Morgan fingerprint density at radius 1 is 0.480 bits per heavy atom. The van der Waals surface area contributed by atoms with Gasteiger partial charge in [0.05, 0.1) is 0 Å². The molecule has 3 aromatic rings. The molecule has 2 aliphatic rings. The van der Waals surface area contributed by atoms with Crippen LogP contribution in [0.4, 0.5) is 32.3 Å². The minimum absolute atomic E-state index is 0.279. The smallest absolute Gasteiger partial charge is 0.410 e. The van der Waals surface area contributed by atoms with E-state index >= 15 is 0 Å². The second-order valence-electron chi connectivity index (χ2n) is 14.5. The largest absolute Gasteiger partial charge is 0.444 e. The molecule has 0 aromatic heterocycles. The van der Waals surface area contributed by atoms with Gasteiger partial charge >= 0.3 is 12.2 Å². The summed E-state index contributed by atoms with van der Waals surface area (Å²) in [6, 6.07) is 21.7. The highest BCUT2D eigenvalue weighted by molar-refractivity contribution is 6.07. The van der Waals surface area contributed by atoms with Crippen molar-refractivity contribution in [2.75, 3.05) is 72.8 Å². The molecule has 2 heterocycles. The number of piperazine rings is 2. The van der Waals surface area contributed by atoms with Gasteiger partial charge in [0.2, 0.25) is 0 Å². The molecule has 4 amide bonds. The number of rotatable bonds is 6. The normalized spacial score (nSPS) is 15.3. The molecule has 5 rings (SSSR count).